The van der Waals surface area contributed by atoms with E-state index in [1.54, 1.807) is 0 Å². The Kier molecular flexibility index (Phi) is 3.16. The zero-order chi connectivity index (χ0) is 12.4. The molecular formula is C17H18O. The molecule has 18 heavy (non-hydrogen) atoms. The molecule has 1 aliphatic rings. The molecule has 2 aromatic carbocycles. The lowest BCUT2D eigenvalue weighted by Crippen LogP contribution is -1.97. The largest absolute Gasteiger partial charge is 0.396 e. The van der Waals surface area contributed by atoms with Gasteiger partial charge in [0.15, 0.2) is 0 Å². The van der Waals surface area contributed by atoms with Crippen LogP contribution in [-0.2, 0) is 12.8 Å². The molecule has 0 bridgehead atoms. The van der Waals surface area contributed by atoms with E-state index in [0.717, 1.165) is 6.42 Å². The molecule has 0 amide bonds. The minimum absolute atomic E-state index is 0.228. The molecule has 2 aromatic rings. The Labute approximate surface area is 108 Å². The summed E-state index contributed by atoms with van der Waals surface area (Å²) in [5, 5.41) is 8.93. The second-order valence-electron chi connectivity index (χ2n) is 5.01. The standard InChI is InChI=1S/C17H18O/c18-12-11-13-5-7-15(8-6-13)17-10-9-14-3-1-2-4-16(14)17/h1-8,17-18H,9-12H2. The van der Waals surface area contributed by atoms with Crippen molar-refractivity contribution in [2.45, 2.75) is 25.2 Å². The summed E-state index contributed by atoms with van der Waals surface area (Å²) in [5.74, 6) is 0.560. The van der Waals surface area contributed by atoms with Gasteiger partial charge in [-0.1, -0.05) is 48.5 Å². The maximum atomic E-state index is 8.93. The highest BCUT2D eigenvalue weighted by Gasteiger charge is 2.22. The van der Waals surface area contributed by atoms with Gasteiger partial charge in [0.2, 0.25) is 0 Å². The molecule has 0 heterocycles. The van der Waals surface area contributed by atoms with Crippen LogP contribution in [0.2, 0.25) is 0 Å². The normalized spacial score (nSPS) is 17.7. The van der Waals surface area contributed by atoms with E-state index in [2.05, 4.69) is 48.5 Å². The predicted octanol–water partition coefficient (Wildman–Crippen LogP) is 3.30. The number of fused-ring (bicyclic) bond motifs is 1. The fraction of sp³-hybridized carbons (Fsp3) is 0.294. The van der Waals surface area contributed by atoms with Crippen LogP contribution in [0.3, 0.4) is 0 Å². The zero-order valence-corrected chi connectivity index (χ0v) is 10.5. The van der Waals surface area contributed by atoms with Gasteiger partial charge in [-0.05, 0) is 41.5 Å². The Morgan fingerprint density at radius 1 is 1.00 bits per heavy atom. The van der Waals surface area contributed by atoms with Crippen LogP contribution in [0.1, 0.15) is 34.6 Å². The van der Waals surface area contributed by atoms with E-state index in [-0.39, 0.29) is 6.61 Å². The Balaban J connectivity index is 1.88. The molecule has 1 heteroatoms. The molecular weight excluding hydrogens is 220 g/mol. The minimum Gasteiger partial charge on any atom is -0.396 e. The summed E-state index contributed by atoms with van der Waals surface area (Å²) in [5.41, 5.74) is 5.61. The topological polar surface area (TPSA) is 20.2 Å². The second-order valence-corrected chi connectivity index (χ2v) is 5.01. The summed E-state index contributed by atoms with van der Waals surface area (Å²) in [6, 6.07) is 17.5. The smallest absolute Gasteiger partial charge is 0.0471 e. The van der Waals surface area contributed by atoms with Crippen LogP contribution in [0.5, 0.6) is 0 Å². The molecule has 1 aliphatic carbocycles. The van der Waals surface area contributed by atoms with Crippen molar-refractivity contribution in [1.82, 2.24) is 0 Å². The third-order valence-electron chi connectivity index (χ3n) is 3.92. The first kappa shape index (κ1) is 11.5. The van der Waals surface area contributed by atoms with E-state index in [1.807, 2.05) is 0 Å². The number of rotatable bonds is 3. The van der Waals surface area contributed by atoms with Gasteiger partial charge >= 0.3 is 0 Å². The highest BCUT2D eigenvalue weighted by atomic mass is 16.2. The maximum absolute atomic E-state index is 8.93. The number of aryl methyl sites for hydroxylation is 1. The maximum Gasteiger partial charge on any atom is 0.0471 e. The van der Waals surface area contributed by atoms with Gasteiger partial charge in [0.05, 0.1) is 0 Å². The van der Waals surface area contributed by atoms with Crippen LogP contribution < -0.4 is 0 Å². The van der Waals surface area contributed by atoms with E-state index in [0.29, 0.717) is 5.92 Å². The molecule has 0 aromatic heterocycles. The number of hydrogen-bond donors (Lipinski definition) is 1. The summed E-state index contributed by atoms with van der Waals surface area (Å²) >= 11 is 0. The van der Waals surface area contributed by atoms with E-state index >= 15 is 0 Å². The van der Waals surface area contributed by atoms with Crippen LogP contribution in [0.15, 0.2) is 48.5 Å². The quantitative estimate of drug-likeness (QED) is 0.870. The molecule has 1 nitrogen and oxygen atoms in total. The van der Waals surface area contributed by atoms with Crippen LogP contribution in [-0.4, -0.2) is 11.7 Å². The van der Waals surface area contributed by atoms with Gasteiger partial charge in [-0.2, -0.15) is 0 Å². The second kappa shape index (κ2) is 4.95. The van der Waals surface area contributed by atoms with E-state index in [1.165, 1.54) is 35.1 Å². The lowest BCUT2D eigenvalue weighted by Gasteiger charge is -2.12. The zero-order valence-electron chi connectivity index (χ0n) is 10.5. The molecule has 1 unspecified atom stereocenters. The average molecular weight is 238 g/mol. The molecule has 3 rings (SSSR count). The Morgan fingerprint density at radius 2 is 1.78 bits per heavy atom. The molecule has 0 saturated carbocycles. The number of aliphatic hydroxyl groups excluding tert-OH is 1. The van der Waals surface area contributed by atoms with Gasteiger partial charge in [0.1, 0.15) is 0 Å². The van der Waals surface area contributed by atoms with E-state index in [4.69, 9.17) is 5.11 Å². The summed E-state index contributed by atoms with van der Waals surface area (Å²) in [6.07, 6.45) is 3.17. The molecule has 92 valence electrons. The first-order valence-corrected chi connectivity index (χ1v) is 6.66. The van der Waals surface area contributed by atoms with Gasteiger partial charge < -0.3 is 5.11 Å². The van der Waals surface area contributed by atoms with Crippen molar-refractivity contribution in [3.05, 3.63) is 70.8 Å². The van der Waals surface area contributed by atoms with Gasteiger partial charge in [0, 0.05) is 12.5 Å². The van der Waals surface area contributed by atoms with Crippen molar-refractivity contribution in [2.75, 3.05) is 6.61 Å². The number of benzene rings is 2. The van der Waals surface area contributed by atoms with Crippen LogP contribution in [0, 0.1) is 0 Å². The van der Waals surface area contributed by atoms with Gasteiger partial charge in [0.25, 0.3) is 0 Å². The molecule has 0 radical (unpaired) electrons. The number of hydrogen-bond acceptors (Lipinski definition) is 1. The lowest BCUT2D eigenvalue weighted by atomic mass is 9.92. The van der Waals surface area contributed by atoms with Crippen molar-refractivity contribution in [3.63, 3.8) is 0 Å². The molecule has 0 saturated heterocycles. The Bertz CT molecular complexity index is 528. The SMILES string of the molecule is OCCc1ccc(C2CCc3ccccc32)cc1. The summed E-state index contributed by atoms with van der Waals surface area (Å²) in [7, 11) is 0. The average Bonchev–Trinajstić information content (AvgIpc) is 2.84. The molecule has 1 N–H and O–H groups in total. The fourth-order valence-corrected chi connectivity index (χ4v) is 2.95. The van der Waals surface area contributed by atoms with E-state index in [9.17, 15) is 0 Å². The fourth-order valence-electron chi connectivity index (χ4n) is 2.95. The van der Waals surface area contributed by atoms with Crippen LogP contribution in [0.4, 0.5) is 0 Å². The van der Waals surface area contributed by atoms with Gasteiger partial charge in [-0.25, -0.2) is 0 Å². The third-order valence-corrected chi connectivity index (χ3v) is 3.92. The lowest BCUT2D eigenvalue weighted by molar-refractivity contribution is 0.299. The molecule has 0 fully saturated rings. The summed E-state index contributed by atoms with van der Waals surface area (Å²) in [6.45, 7) is 0.228. The first-order valence-electron chi connectivity index (χ1n) is 6.66. The molecule has 0 aliphatic heterocycles. The van der Waals surface area contributed by atoms with Gasteiger partial charge in [-0.15, -0.1) is 0 Å². The van der Waals surface area contributed by atoms with Crippen molar-refractivity contribution in [2.24, 2.45) is 0 Å². The van der Waals surface area contributed by atoms with E-state index < -0.39 is 0 Å². The Morgan fingerprint density at radius 3 is 2.56 bits per heavy atom. The van der Waals surface area contributed by atoms with Gasteiger partial charge in [-0.3, -0.25) is 0 Å². The molecule has 1 atom stereocenters. The summed E-state index contributed by atoms with van der Waals surface area (Å²) in [4.78, 5) is 0. The first-order chi connectivity index (χ1) is 8.88. The summed E-state index contributed by atoms with van der Waals surface area (Å²) < 4.78 is 0. The minimum atomic E-state index is 0.228. The Hall–Kier alpha value is -1.60. The third kappa shape index (κ3) is 2.06. The number of aliphatic hydroxyl groups is 1. The highest BCUT2D eigenvalue weighted by molar-refractivity contribution is 5.42. The van der Waals surface area contributed by atoms with Crippen LogP contribution >= 0.6 is 0 Å². The van der Waals surface area contributed by atoms with Crippen LogP contribution in [0.25, 0.3) is 0 Å². The van der Waals surface area contributed by atoms with Crippen molar-refractivity contribution < 1.29 is 5.11 Å². The van der Waals surface area contributed by atoms with Crippen molar-refractivity contribution in [1.29, 1.82) is 0 Å². The molecule has 0 spiro atoms. The van der Waals surface area contributed by atoms with Crippen molar-refractivity contribution >= 4 is 0 Å². The van der Waals surface area contributed by atoms with Crippen molar-refractivity contribution in [3.8, 4) is 0 Å². The highest BCUT2D eigenvalue weighted by Crippen LogP contribution is 2.37. The monoisotopic (exact) mass is 238 g/mol. The predicted molar refractivity (Wildman–Crippen MR) is 73.8 cm³/mol.